The molecule has 0 aromatic carbocycles. The third kappa shape index (κ3) is 3.14. The highest BCUT2D eigenvalue weighted by Gasteiger charge is 2.24. The minimum absolute atomic E-state index is 0.00738. The summed E-state index contributed by atoms with van der Waals surface area (Å²) < 4.78 is 5.03. The van der Waals surface area contributed by atoms with E-state index in [-0.39, 0.29) is 17.2 Å². The van der Waals surface area contributed by atoms with Crippen LogP contribution in [0.25, 0.3) is 0 Å². The number of nitrogens with zero attached hydrogens (tertiary/aromatic N) is 2. The Morgan fingerprint density at radius 3 is 2.53 bits per heavy atom. The van der Waals surface area contributed by atoms with Crippen LogP contribution in [0.2, 0.25) is 0 Å². The number of carbonyl (C=O) groups excluding carboxylic acids is 1. The SMILES string of the molecule is CCCN1CCN(C(=O)c2cc(C(=O)O)co2)CC1. The van der Waals surface area contributed by atoms with E-state index in [0.717, 1.165) is 32.3 Å². The molecule has 1 amide bonds. The van der Waals surface area contributed by atoms with Crippen molar-refractivity contribution in [3.05, 3.63) is 23.7 Å². The molecule has 19 heavy (non-hydrogen) atoms. The third-order valence-corrected chi connectivity index (χ3v) is 3.26. The average Bonchev–Trinajstić information content (AvgIpc) is 2.89. The molecule has 0 bridgehead atoms. The summed E-state index contributed by atoms with van der Waals surface area (Å²) in [5.74, 6) is -1.22. The van der Waals surface area contributed by atoms with Crippen molar-refractivity contribution >= 4 is 11.9 Å². The van der Waals surface area contributed by atoms with Gasteiger partial charge in [-0.25, -0.2) is 4.79 Å². The number of carboxylic acid groups (broad SMARTS) is 1. The summed E-state index contributed by atoms with van der Waals surface area (Å²) in [5.41, 5.74) is 0.00738. The van der Waals surface area contributed by atoms with Crippen molar-refractivity contribution in [2.24, 2.45) is 0 Å². The maximum Gasteiger partial charge on any atom is 0.338 e. The lowest BCUT2D eigenvalue weighted by atomic mass is 10.2. The lowest BCUT2D eigenvalue weighted by Crippen LogP contribution is -2.48. The lowest BCUT2D eigenvalue weighted by molar-refractivity contribution is 0.0606. The number of amides is 1. The van der Waals surface area contributed by atoms with Gasteiger partial charge in [0.1, 0.15) is 6.26 Å². The molecule has 6 nitrogen and oxygen atoms in total. The topological polar surface area (TPSA) is 74.0 Å². The van der Waals surface area contributed by atoms with Gasteiger partial charge in [0.25, 0.3) is 5.91 Å². The van der Waals surface area contributed by atoms with Gasteiger partial charge in [0, 0.05) is 32.2 Å². The van der Waals surface area contributed by atoms with Crippen molar-refractivity contribution in [3.63, 3.8) is 0 Å². The van der Waals surface area contributed by atoms with Crippen molar-refractivity contribution < 1.29 is 19.1 Å². The van der Waals surface area contributed by atoms with E-state index in [1.165, 1.54) is 6.07 Å². The Kier molecular flexibility index (Phi) is 4.21. The molecule has 0 radical (unpaired) electrons. The molecule has 104 valence electrons. The van der Waals surface area contributed by atoms with Gasteiger partial charge in [-0.05, 0) is 13.0 Å². The Bertz CT molecular complexity index is 461. The maximum atomic E-state index is 12.1. The molecule has 1 aliphatic heterocycles. The molecule has 1 aromatic heterocycles. The number of carbonyl (C=O) groups is 2. The molecule has 1 saturated heterocycles. The average molecular weight is 266 g/mol. The number of rotatable bonds is 4. The number of piperazine rings is 1. The van der Waals surface area contributed by atoms with E-state index in [4.69, 9.17) is 9.52 Å². The molecule has 0 unspecified atom stereocenters. The number of hydrogen-bond acceptors (Lipinski definition) is 4. The molecule has 6 heteroatoms. The van der Waals surface area contributed by atoms with Crippen LogP contribution in [-0.4, -0.2) is 59.5 Å². The minimum Gasteiger partial charge on any atom is -0.478 e. The van der Waals surface area contributed by atoms with Crippen LogP contribution in [0.4, 0.5) is 0 Å². The van der Waals surface area contributed by atoms with Crippen LogP contribution in [0.3, 0.4) is 0 Å². The summed E-state index contributed by atoms with van der Waals surface area (Å²) in [7, 11) is 0. The summed E-state index contributed by atoms with van der Waals surface area (Å²) in [5, 5.41) is 8.79. The predicted molar refractivity (Wildman–Crippen MR) is 68.3 cm³/mol. The highest BCUT2D eigenvalue weighted by Crippen LogP contribution is 2.12. The zero-order valence-electron chi connectivity index (χ0n) is 11.0. The number of hydrogen-bond donors (Lipinski definition) is 1. The van der Waals surface area contributed by atoms with Crippen LogP contribution >= 0.6 is 0 Å². The summed E-state index contributed by atoms with van der Waals surface area (Å²) >= 11 is 0. The van der Waals surface area contributed by atoms with E-state index in [2.05, 4.69) is 11.8 Å². The second kappa shape index (κ2) is 5.88. The number of carboxylic acids is 1. The van der Waals surface area contributed by atoms with E-state index < -0.39 is 5.97 Å². The van der Waals surface area contributed by atoms with Gasteiger partial charge in [0.15, 0.2) is 5.76 Å². The number of aromatic carboxylic acids is 1. The molecule has 0 spiro atoms. The van der Waals surface area contributed by atoms with E-state index in [1.807, 2.05) is 0 Å². The van der Waals surface area contributed by atoms with Gasteiger partial charge in [-0.1, -0.05) is 6.92 Å². The molecular weight excluding hydrogens is 248 g/mol. The largest absolute Gasteiger partial charge is 0.478 e. The van der Waals surface area contributed by atoms with Crippen molar-refractivity contribution in [1.29, 1.82) is 0 Å². The van der Waals surface area contributed by atoms with Gasteiger partial charge < -0.3 is 14.4 Å². The number of furan rings is 1. The molecular formula is C13H18N2O4. The fourth-order valence-electron chi connectivity index (χ4n) is 2.21. The van der Waals surface area contributed by atoms with Crippen molar-refractivity contribution in [3.8, 4) is 0 Å². The molecule has 1 aliphatic rings. The van der Waals surface area contributed by atoms with E-state index in [1.54, 1.807) is 4.90 Å². The van der Waals surface area contributed by atoms with Gasteiger partial charge in [0.05, 0.1) is 5.56 Å². The lowest BCUT2D eigenvalue weighted by Gasteiger charge is -2.34. The van der Waals surface area contributed by atoms with Crippen LogP contribution in [0.15, 0.2) is 16.7 Å². The Hall–Kier alpha value is -1.82. The Morgan fingerprint density at radius 1 is 1.32 bits per heavy atom. The molecule has 0 saturated carbocycles. The highest BCUT2D eigenvalue weighted by atomic mass is 16.4. The molecule has 2 rings (SSSR count). The maximum absolute atomic E-state index is 12.1. The molecule has 0 atom stereocenters. The van der Waals surface area contributed by atoms with E-state index in [0.29, 0.717) is 13.1 Å². The summed E-state index contributed by atoms with van der Waals surface area (Å²) in [6.45, 7) is 6.20. The summed E-state index contributed by atoms with van der Waals surface area (Å²) in [6.07, 6.45) is 2.21. The second-order valence-corrected chi connectivity index (χ2v) is 4.64. The molecule has 1 aromatic rings. The first kappa shape index (κ1) is 13.6. The van der Waals surface area contributed by atoms with Crippen molar-refractivity contribution in [1.82, 2.24) is 9.80 Å². The molecule has 1 fully saturated rings. The zero-order valence-corrected chi connectivity index (χ0v) is 11.0. The fraction of sp³-hybridized carbons (Fsp3) is 0.538. The second-order valence-electron chi connectivity index (χ2n) is 4.64. The van der Waals surface area contributed by atoms with Gasteiger partial charge in [-0.2, -0.15) is 0 Å². The first-order valence-corrected chi connectivity index (χ1v) is 6.45. The Morgan fingerprint density at radius 2 is 2.00 bits per heavy atom. The molecule has 1 N–H and O–H groups in total. The predicted octanol–water partition coefficient (Wildman–Crippen LogP) is 1.15. The van der Waals surface area contributed by atoms with Gasteiger partial charge in [0.2, 0.25) is 0 Å². The standard InChI is InChI=1S/C13H18N2O4/c1-2-3-14-4-6-15(7-5-14)12(16)11-8-10(9-19-11)13(17)18/h8-9H,2-7H2,1H3,(H,17,18). The monoisotopic (exact) mass is 266 g/mol. The van der Waals surface area contributed by atoms with Crippen LogP contribution in [0, 0.1) is 0 Å². The summed E-state index contributed by atoms with van der Waals surface area (Å²) in [4.78, 5) is 26.9. The van der Waals surface area contributed by atoms with Crippen LogP contribution in [0.5, 0.6) is 0 Å². The normalized spacial score (nSPS) is 16.6. The summed E-state index contributed by atoms with van der Waals surface area (Å²) in [6, 6.07) is 1.28. The van der Waals surface area contributed by atoms with E-state index in [9.17, 15) is 9.59 Å². The van der Waals surface area contributed by atoms with Crippen molar-refractivity contribution in [2.45, 2.75) is 13.3 Å². The van der Waals surface area contributed by atoms with Crippen molar-refractivity contribution in [2.75, 3.05) is 32.7 Å². The molecule has 2 heterocycles. The van der Waals surface area contributed by atoms with E-state index >= 15 is 0 Å². The van der Waals surface area contributed by atoms with Gasteiger partial charge in [-0.3, -0.25) is 9.69 Å². The molecule has 0 aliphatic carbocycles. The highest BCUT2D eigenvalue weighted by molar-refractivity contribution is 5.95. The van der Waals surface area contributed by atoms with Gasteiger partial charge >= 0.3 is 5.97 Å². The smallest absolute Gasteiger partial charge is 0.338 e. The minimum atomic E-state index is -1.09. The first-order chi connectivity index (χ1) is 9.11. The Balaban J connectivity index is 1.95. The quantitative estimate of drug-likeness (QED) is 0.884. The fourth-order valence-corrected chi connectivity index (χ4v) is 2.21. The van der Waals surface area contributed by atoms with Crippen LogP contribution in [0.1, 0.15) is 34.3 Å². The zero-order chi connectivity index (χ0) is 13.8. The third-order valence-electron chi connectivity index (χ3n) is 3.26. The van der Waals surface area contributed by atoms with Crippen LogP contribution in [-0.2, 0) is 0 Å². The Labute approximate surface area is 111 Å². The van der Waals surface area contributed by atoms with Crippen LogP contribution < -0.4 is 0 Å². The van der Waals surface area contributed by atoms with Gasteiger partial charge in [-0.15, -0.1) is 0 Å². The first-order valence-electron chi connectivity index (χ1n) is 6.45.